The molecule has 0 fully saturated rings. The molecular weight excluding hydrogens is 158 g/mol. The number of hydrogen-bond donors (Lipinski definition) is 0. The first-order chi connectivity index (χ1) is 5.42. The highest BCUT2D eigenvalue weighted by Gasteiger charge is 2.02. The lowest BCUT2D eigenvalue weighted by Gasteiger charge is -1.93. The molecule has 0 aliphatic rings. The van der Waals surface area contributed by atoms with Crippen LogP contribution in [0.25, 0.3) is 11.0 Å². The highest BCUT2D eigenvalue weighted by Crippen LogP contribution is 2.25. The van der Waals surface area contributed by atoms with Gasteiger partial charge in [-0.25, -0.2) is 0 Å². The zero-order valence-corrected chi connectivity index (χ0v) is 6.89. The summed E-state index contributed by atoms with van der Waals surface area (Å²) in [4.78, 5) is 1.14. The molecule has 0 atom stereocenters. The predicted octanol–water partition coefficient (Wildman–Crippen LogP) is 2.55. The van der Waals surface area contributed by atoms with Crippen molar-refractivity contribution >= 4 is 22.7 Å². The Morgan fingerprint density at radius 3 is 3.18 bits per heavy atom. The lowest BCUT2D eigenvalue weighted by atomic mass is 10.3. The van der Waals surface area contributed by atoms with Gasteiger partial charge in [0.2, 0.25) is 0 Å². The van der Waals surface area contributed by atoms with Crippen LogP contribution in [0.5, 0.6) is 0 Å². The Morgan fingerprint density at radius 1 is 1.45 bits per heavy atom. The van der Waals surface area contributed by atoms with Gasteiger partial charge in [-0.1, -0.05) is 11.2 Å². The van der Waals surface area contributed by atoms with Crippen molar-refractivity contribution < 1.29 is 4.52 Å². The van der Waals surface area contributed by atoms with Gasteiger partial charge in [0, 0.05) is 5.39 Å². The number of nitrogens with zero attached hydrogens (tertiary/aromatic N) is 1. The number of thioether (sulfide) groups is 1. The van der Waals surface area contributed by atoms with E-state index in [4.69, 9.17) is 4.52 Å². The van der Waals surface area contributed by atoms with Crippen molar-refractivity contribution in [1.29, 1.82) is 0 Å². The third-order valence-corrected chi connectivity index (χ3v) is 2.33. The molecule has 2 aromatic rings. The van der Waals surface area contributed by atoms with Gasteiger partial charge in [0.1, 0.15) is 0 Å². The van der Waals surface area contributed by atoms with E-state index in [1.54, 1.807) is 18.0 Å². The standard InChI is InChI=1S/C8H7NOS/c1-11-7-4-2-3-6-5-9-10-8(6)7/h2-5H,1H3. The van der Waals surface area contributed by atoms with Gasteiger partial charge >= 0.3 is 0 Å². The Kier molecular flexibility index (Phi) is 1.58. The van der Waals surface area contributed by atoms with Crippen LogP contribution in [0, 0.1) is 0 Å². The van der Waals surface area contributed by atoms with E-state index < -0.39 is 0 Å². The largest absolute Gasteiger partial charge is 0.355 e. The topological polar surface area (TPSA) is 26.0 Å². The molecule has 56 valence electrons. The Morgan fingerprint density at radius 2 is 2.36 bits per heavy atom. The Hall–Kier alpha value is -0.960. The summed E-state index contributed by atoms with van der Waals surface area (Å²) in [6, 6.07) is 6.02. The lowest BCUT2D eigenvalue weighted by molar-refractivity contribution is 0.452. The number of hydrogen-bond acceptors (Lipinski definition) is 3. The first kappa shape index (κ1) is 6.73. The number of aromatic nitrogens is 1. The van der Waals surface area contributed by atoms with Crippen LogP contribution in [-0.2, 0) is 0 Å². The maximum absolute atomic E-state index is 5.07. The number of para-hydroxylation sites is 1. The summed E-state index contributed by atoms with van der Waals surface area (Å²) in [5, 5.41) is 4.79. The van der Waals surface area contributed by atoms with Gasteiger partial charge in [0.15, 0.2) is 5.58 Å². The van der Waals surface area contributed by atoms with E-state index >= 15 is 0 Å². The van der Waals surface area contributed by atoms with Crippen molar-refractivity contribution in [2.24, 2.45) is 0 Å². The fourth-order valence-corrected chi connectivity index (χ4v) is 1.58. The van der Waals surface area contributed by atoms with Crippen molar-refractivity contribution in [1.82, 2.24) is 5.16 Å². The van der Waals surface area contributed by atoms with Crippen LogP contribution in [0.4, 0.5) is 0 Å². The van der Waals surface area contributed by atoms with Crippen LogP contribution >= 0.6 is 11.8 Å². The van der Waals surface area contributed by atoms with E-state index in [9.17, 15) is 0 Å². The Bertz CT molecular complexity index is 369. The first-order valence-corrected chi connectivity index (χ1v) is 4.51. The van der Waals surface area contributed by atoms with E-state index in [0.29, 0.717) is 0 Å². The summed E-state index contributed by atoms with van der Waals surface area (Å²) in [6.07, 6.45) is 3.76. The van der Waals surface area contributed by atoms with Crippen LogP contribution in [0.2, 0.25) is 0 Å². The molecule has 0 aliphatic heterocycles. The second-order valence-electron chi connectivity index (χ2n) is 2.20. The van der Waals surface area contributed by atoms with E-state index in [1.807, 2.05) is 24.5 Å². The van der Waals surface area contributed by atoms with Crippen molar-refractivity contribution in [2.45, 2.75) is 4.90 Å². The number of benzene rings is 1. The van der Waals surface area contributed by atoms with Crippen LogP contribution < -0.4 is 0 Å². The minimum Gasteiger partial charge on any atom is -0.355 e. The molecule has 1 heterocycles. The number of rotatable bonds is 1. The van der Waals surface area contributed by atoms with Crippen molar-refractivity contribution in [3.05, 3.63) is 24.4 Å². The van der Waals surface area contributed by atoms with Crippen molar-refractivity contribution in [3.63, 3.8) is 0 Å². The second-order valence-corrected chi connectivity index (χ2v) is 3.05. The van der Waals surface area contributed by atoms with Gasteiger partial charge in [-0.3, -0.25) is 0 Å². The van der Waals surface area contributed by atoms with E-state index in [2.05, 4.69) is 5.16 Å². The molecule has 0 unspecified atom stereocenters. The fourth-order valence-electron chi connectivity index (χ4n) is 1.03. The summed E-state index contributed by atoms with van der Waals surface area (Å²) < 4.78 is 5.07. The summed E-state index contributed by atoms with van der Waals surface area (Å²) in [5.41, 5.74) is 0.889. The molecule has 1 aromatic heterocycles. The monoisotopic (exact) mass is 165 g/mol. The van der Waals surface area contributed by atoms with Gasteiger partial charge in [-0.15, -0.1) is 11.8 Å². The van der Waals surface area contributed by atoms with Gasteiger partial charge in [0.05, 0.1) is 11.1 Å². The molecule has 0 saturated carbocycles. The van der Waals surface area contributed by atoms with Gasteiger partial charge in [-0.05, 0) is 18.4 Å². The third-order valence-electron chi connectivity index (χ3n) is 1.57. The zero-order valence-electron chi connectivity index (χ0n) is 6.07. The molecule has 3 heteroatoms. The fraction of sp³-hybridized carbons (Fsp3) is 0.125. The van der Waals surface area contributed by atoms with Crippen LogP contribution in [0.3, 0.4) is 0 Å². The predicted molar refractivity (Wildman–Crippen MR) is 45.8 cm³/mol. The average Bonchev–Trinajstić information content (AvgIpc) is 2.50. The number of fused-ring (bicyclic) bond motifs is 1. The SMILES string of the molecule is CSc1cccc2cnoc12. The van der Waals surface area contributed by atoms with Gasteiger partial charge in [0.25, 0.3) is 0 Å². The molecule has 0 saturated heterocycles. The van der Waals surface area contributed by atoms with E-state index in [-0.39, 0.29) is 0 Å². The minimum atomic E-state index is 0.889. The summed E-state index contributed by atoms with van der Waals surface area (Å²) in [5.74, 6) is 0. The van der Waals surface area contributed by atoms with Gasteiger partial charge < -0.3 is 4.52 Å². The molecule has 1 aromatic carbocycles. The zero-order chi connectivity index (χ0) is 7.68. The van der Waals surface area contributed by atoms with Crippen molar-refractivity contribution in [2.75, 3.05) is 6.26 Å². The van der Waals surface area contributed by atoms with Crippen molar-refractivity contribution in [3.8, 4) is 0 Å². The van der Waals surface area contributed by atoms with E-state index in [0.717, 1.165) is 15.9 Å². The molecule has 0 amide bonds. The molecule has 0 aliphatic carbocycles. The molecule has 0 bridgehead atoms. The van der Waals surface area contributed by atoms with Crippen LogP contribution in [0.15, 0.2) is 33.8 Å². The summed E-state index contributed by atoms with van der Waals surface area (Å²) in [6.45, 7) is 0. The maximum atomic E-state index is 5.07. The molecule has 2 rings (SSSR count). The minimum absolute atomic E-state index is 0.889. The highest BCUT2D eigenvalue weighted by atomic mass is 32.2. The molecule has 0 spiro atoms. The highest BCUT2D eigenvalue weighted by molar-refractivity contribution is 7.98. The quantitative estimate of drug-likeness (QED) is 0.607. The summed E-state index contributed by atoms with van der Waals surface area (Å²) in [7, 11) is 0. The van der Waals surface area contributed by atoms with Gasteiger partial charge in [-0.2, -0.15) is 0 Å². The molecule has 11 heavy (non-hydrogen) atoms. The lowest BCUT2D eigenvalue weighted by Crippen LogP contribution is -1.69. The van der Waals surface area contributed by atoms with Crippen LogP contribution in [0.1, 0.15) is 0 Å². The molecule has 0 radical (unpaired) electrons. The Balaban J connectivity index is 2.79. The second kappa shape index (κ2) is 2.58. The smallest absolute Gasteiger partial charge is 0.180 e. The third kappa shape index (κ3) is 1.01. The molecule has 0 N–H and O–H groups in total. The Labute approximate surface area is 68.6 Å². The van der Waals surface area contributed by atoms with E-state index in [1.165, 1.54) is 0 Å². The average molecular weight is 165 g/mol. The molecule has 2 nitrogen and oxygen atoms in total. The first-order valence-electron chi connectivity index (χ1n) is 3.29. The summed E-state index contributed by atoms with van der Waals surface area (Å²) >= 11 is 1.67. The normalized spacial score (nSPS) is 10.6. The maximum Gasteiger partial charge on any atom is 0.180 e. The van der Waals surface area contributed by atoms with Crippen LogP contribution in [-0.4, -0.2) is 11.4 Å². The molecular formula is C8H7NOS.